The van der Waals surface area contributed by atoms with Crippen LogP contribution in [-0.4, -0.2) is 43.8 Å². The summed E-state index contributed by atoms with van der Waals surface area (Å²) < 4.78 is 41.3. The zero-order chi connectivity index (χ0) is 21.3. The van der Waals surface area contributed by atoms with Crippen molar-refractivity contribution in [2.75, 3.05) is 19.6 Å². The highest BCUT2D eigenvalue weighted by Gasteiger charge is 2.27. The van der Waals surface area contributed by atoms with Crippen LogP contribution in [0, 0.1) is 18.7 Å². The molecule has 158 valence electrons. The molecule has 3 aromatic rings. The largest absolute Gasteiger partial charge is 0.338 e. The molecular weight excluding hydrogens is 425 g/mol. The Morgan fingerprint density at radius 1 is 1.33 bits per heavy atom. The second kappa shape index (κ2) is 8.41. The summed E-state index contributed by atoms with van der Waals surface area (Å²) in [5.74, 6) is -0.498. The average Bonchev–Trinajstić information content (AvgIpc) is 3.27. The number of aromatic nitrogens is 1. The molecule has 3 heterocycles. The van der Waals surface area contributed by atoms with Gasteiger partial charge >= 0.3 is 0 Å². The van der Waals surface area contributed by atoms with Gasteiger partial charge in [-0.25, -0.2) is 17.5 Å². The molecule has 1 aliphatic rings. The van der Waals surface area contributed by atoms with E-state index < -0.39 is 15.8 Å². The number of carbonyl (C=O) groups is 1. The van der Waals surface area contributed by atoms with E-state index in [0.717, 1.165) is 12.8 Å². The van der Waals surface area contributed by atoms with Gasteiger partial charge in [-0.05, 0) is 55.3 Å². The third-order valence-electron chi connectivity index (χ3n) is 5.26. The van der Waals surface area contributed by atoms with Gasteiger partial charge in [-0.3, -0.25) is 9.78 Å². The first-order chi connectivity index (χ1) is 14.3. The molecule has 0 aliphatic carbocycles. The Kier molecular flexibility index (Phi) is 5.86. The maximum Gasteiger partial charge on any atom is 0.254 e. The fourth-order valence-corrected chi connectivity index (χ4v) is 5.97. The maximum absolute atomic E-state index is 13.6. The van der Waals surface area contributed by atoms with Crippen LogP contribution in [0.3, 0.4) is 0 Å². The van der Waals surface area contributed by atoms with Gasteiger partial charge in [-0.15, -0.1) is 11.3 Å². The number of pyridine rings is 1. The summed E-state index contributed by atoms with van der Waals surface area (Å²) in [5, 5.41) is 2.34. The maximum atomic E-state index is 13.6. The van der Waals surface area contributed by atoms with Crippen molar-refractivity contribution in [3.63, 3.8) is 0 Å². The van der Waals surface area contributed by atoms with Crippen molar-refractivity contribution in [2.45, 2.75) is 24.0 Å². The number of hydrogen-bond acceptors (Lipinski definition) is 5. The number of fused-ring (bicyclic) bond motifs is 1. The highest BCUT2D eigenvalue weighted by molar-refractivity contribution is 7.91. The van der Waals surface area contributed by atoms with Gasteiger partial charge in [-0.2, -0.15) is 0 Å². The number of hydrogen-bond donors (Lipinski definition) is 1. The number of likely N-dealkylation sites (tertiary alicyclic amines) is 1. The number of nitrogens with one attached hydrogen (secondary N) is 1. The fraction of sp³-hybridized carbons (Fsp3) is 0.333. The molecule has 2 aromatic heterocycles. The number of benzene rings is 1. The SMILES string of the molecule is Cc1cc(C(=O)N2CCCC(CNS(=O)(=O)c3cccs3)C2)c2ccc(F)cc2n1. The Hall–Kier alpha value is -2.36. The van der Waals surface area contributed by atoms with Crippen molar-refractivity contribution in [3.05, 3.63) is 58.9 Å². The Balaban J connectivity index is 1.50. The van der Waals surface area contributed by atoms with E-state index in [2.05, 4.69) is 9.71 Å². The van der Waals surface area contributed by atoms with E-state index in [1.165, 1.54) is 23.5 Å². The summed E-state index contributed by atoms with van der Waals surface area (Å²) in [6.07, 6.45) is 1.64. The van der Waals surface area contributed by atoms with Gasteiger partial charge in [0.2, 0.25) is 10.0 Å². The van der Waals surface area contributed by atoms with Crippen LogP contribution in [0.1, 0.15) is 28.9 Å². The smallest absolute Gasteiger partial charge is 0.254 e. The zero-order valence-electron chi connectivity index (χ0n) is 16.5. The first kappa shape index (κ1) is 20.9. The molecule has 30 heavy (non-hydrogen) atoms. The number of halogens is 1. The quantitative estimate of drug-likeness (QED) is 0.649. The number of rotatable bonds is 5. The molecule has 0 bridgehead atoms. The highest BCUT2D eigenvalue weighted by atomic mass is 32.2. The van der Waals surface area contributed by atoms with E-state index in [-0.39, 0.29) is 22.6 Å². The van der Waals surface area contributed by atoms with Crippen molar-refractivity contribution in [1.82, 2.24) is 14.6 Å². The van der Waals surface area contributed by atoms with E-state index in [4.69, 9.17) is 0 Å². The predicted molar refractivity (Wildman–Crippen MR) is 115 cm³/mol. The first-order valence-electron chi connectivity index (χ1n) is 9.73. The van der Waals surface area contributed by atoms with Crippen molar-refractivity contribution in [1.29, 1.82) is 0 Å². The Bertz CT molecular complexity index is 1170. The average molecular weight is 448 g/mol. The first-order valence-corrected chi connectivity index (χ1v) is 12.1. The molecule has 1 atom stereocenters. The molecule has 0 radical (unpaired) electrons. The van der Waals surface area contributed by atoms with Crippen LogP contribution >= 0.6 is 11.3 Å². The van der Waals surface area contributed by atoms with Crippen LogP contribution in [0.25, 0.3) is 10.9 Å². The van der Waals surface area contributed by atoms with Crippen molar-refractivity contribution in [2.24, 2.45) is 5.92 Å². The molecule has 1 unspecified atom stereocenters. The molecule has 4 rings (SSSR count). The lowest BCUT2D eigenvalue weighted by Crippen LogP contribution is -2.43. The molecule has 1 N–H and O–H groups in total. The van der Waals surface area contributed by atoms with Gasteiger partial charge in [0.15, 0.2) is 0 Å². The molecule has 1 fully saturated rings. The van der Waals surface area contributed by atoms with E-state index in [1.807, 2.05) is 0 Å². The van der Waals surface area contributed by atoms with Crippen molar-refractivity contribution < 1.29 is 17.6 Å². The summed E-state index contributed by atoms with van der Waals surface area (Å²) in [4.78, 5) is 19.3. The van der Waals surface area contributed by atoms with Gasteiger partial charge in [0.1, 0.15) is 10.0 Å². The van der Waals surface area contributed by atoms with E-state index in [9.17, 15) is 17.6 Å². The number of piperidine rings is 1. The van der Waals surface area contributed by atoms with E-state index >= 15 is 0 Å². The van der Waals surface area contributed by atoms with Crippen LogP contribution in [-0.2, 0) is 10.0 Å². The summed E-state index contributed by atoms with van der Waals surface area (Å²) in [6, 6.07) is 9.25. The number of aryl methyl sites for hydroxylation is 1. The van der Waals surface area contributed by atoms with Crippen LogP contribution in [0.15, 0.2) is 46.0 Å². The Morgan fingerprint density at radius 3 is 2.93 bits per heavy atom. The Labute approximate surface area is 178 Å². The summed E-state index contributed by atoms with van der Waals surface area (Å²) in [7, 11) is -3.52. The van der Waals surface area contributed by atoms with Crippen molar-refractivity contribution in [3.8, 4) is 0 Å². The van der Waals surface area contributed by atoms with Gasteiger partial charge in [0, 0.05) is 36.8 Å². The van der Waals surface area contributed by atoms with E-state index in [1.54, 1.807) is 41.5 Å². The van der Waals surface area contributed by atoms with Crippen molar-refractivity contribution >= 4 is 38.2 Å². The van der Waals surface area contributed by atoms with Gasteiger partial charge < -0.3 is 4.90 Å². The lowest BCUT2D eigenvalue weighted by atomic mass is 9.97. The lowest BCUT2D eigenvalue weighted by molar-refractivity contribution is 0.0678. The second-order valence-electron chi connectivity index (χ2n) is 7.52. The monoisotopic (exact) mass is 447 g/mol. The zero-order valence-corrected chi connectivity index (χ0v) is 18.1. The highest BCUT2D eigenvalue weighted by Crippen LogP contribution is 2.24. The van der Waals surface area contributed by atoms with Crippen LogP contribution in [0.2, 0.25) is 0 Å². The van der Waals surface area contributed by atoms with Crippen LogP contribution in [0.5, 0.6) is 0 Å². The summed E-state index contributed by atoms with van der Waals surface area (Å²) in [6.45, 7) is 3.14. The molecular formula is C21H22FN3O3S2. The van der Waals surface area contributed by atoms with Crippen LogP contribution < -0.4 is 4.72 Å². The topological polar surface area (TPSA) is 79.4 Å². The third-order valence-corrected chi connectivity index (χ3v) is 8.08. The lowest BCUT2D eigenvalue weighted by Gasteiger charge is -2.33. The minimum Gasteiger partial charge on any atom is -0.338 e. The summed E-state index contributed by atoms with van der Waals surface area (Å²) in [5.41, 5.74) is 1.60. The van der Waals surface area contributed by atoms with E-state index in [0.29, 0.717) is 35.2 Å². The fourth-order valence-electron chi connectivity index (χ4n) is 3.81. The van der Waals surface area contributed by atoms with Gasteiger partial charge in [-0.1, -0.05) is 6.07 Å². The third kappa shape index (κ3) is 4.38. The summed E-state index contributed by atoms with van der Waals surface area (Å²) >= 11 is 1.17. The molecule has 6 nitrogen and oxygen atoms in total. The molecule has 1 aromatic carbocycles. The minimum atomic E-state index is -3.52. The Morgan fingerprint density at radius 2 is 2.17 bits per heavy atom. The van der Waals surface area contributed by atoms with Gasteiger partial charge in [0.05, 0.1) is 11.1 Å². The predicted octanol–water partition coefficient (Wildman–Crippen LogP) is 3.57. The number of sulfonamides is 1. The molecule has 1 amide bonds. The second-order valence-corrected chi connectivity index (χ2v) is 10.5. The van der Waals surface area contributed by atoms with Gasteiger partial charge in [0.25, 0.3) is 5.91 Å². The number of thiophene rings is 1. The van der Waals surface area contributed by atoms with Crippen LogP contribution in [0.4, 0.5) is 4.39 Å². The number of amides is 1. The molecule has 1 aliphatic heterocycles. The normalized spacial score (nSPS) is 17.4. The standard InChI is InChI=1S/C21H22FN3O3S2/c1-14-10-18(17-7-6-16(22)11-19(17)24-14)21(26)25-8-2-4-15(13-25)12-23-30(27,28)20-5-3-9-29-20/h3,5-7,9-11,15,23H,2,4,8,12-13H2,1H3. The minimum absolute atomic E-state index is 0.0316. The number of nitrogens with zero attached hydrogens (tertiary/aromatic N) is 2. The molecule has 1 saturated heterocycles. The molecule has 0 saturated carbocycles. The number of carbonyl (C=O) groups excluding carboxylic acids is 1. The molecule has 9 heteroatoms. The molecule has 0 spiro atoms.